The Hall–Kier alpha value is -4.25. The van der Waals surface area contributed by atoms with Crippen LogP contribution in [0.25, 0.3) is 5.82 Å². The van der Waals surface area contributed by atoms with Crippen molar-refractivity contribution in [1.82, 2.24) is 35.4 Å². The number of fused-ring (bicyclic) bond motifs is 1. The van der Waals surface area contributed by atoms with Crippen LogP contribution < -0.4 is 21.3 Å². The van der Waals surface area contributed by atoms with E-state index in [1.54, 1.807) is 23.0 Å². The molecule has 1 unspecified atom stereocenters. The van der Waals surface area contributed by atoms with Crippen LogP contribution in [0.2, 0.25) is 0 Å². The Morgan fingerprint density at radius 3 is 2.88 bits per heavy atom. The fourth-order valence-electron chi connectivity index (χ4n) is 7.65. The molecule has 2 aliphatic carbocycles. The lowest BCUT2D eigenvalue weighted by Gasteiger charge is -2.26. The van der Waals surface area contributed by atoms with Crippen molar-refractivity contribution in [1.29, 1.82) is 5.26 Å². The summed E-state index contributed by atoms with van der Waals surface area (Å²) in [4.78, 5) is 32.7. The van der Waals surface area contributed by atoms with Gasteiger partial charge >= 0.3 is 0 Å². The molecule has 0 aromatic carbocycles. The SMILES string of the molecule is C=CCCC1=C([C@H]2CCCc3sc(N)c(C#N)c32)ONC1(C)c1nc(OCC2(CCCNC)CC2)cc(-n2ccc(C(=O)N3CCCC3)n2)n1. The minimum Gasteiger partial charge on any atom is -0.477 e. The zero-order valence-electron chi connectivity index (χ0n) is 29.1. The van der Waals surface area contributed by atoms with E-state index in [4.69, 9.17) is 25.3 Å². The number of nitrogens with one attached hydrogen (secondary N) is 2. The highest BCUT2D eigenvalue weighted by Gasteiger charge is 2.47. The minimum absolute atomic E-state index is 0.0704. The van der Waals surface area contributed by atoms with Crippen LogP contribution in [0.1, 0.15) is 109 Å². The van der Waals surface area contributed by atoms with Crippen LogP contribution in [-0.2, 0) is 16.8 Å². The summed E-state index contributed by atoms with van der Waals surface area (Å²) in [6.45, 7) is 9.07. The summed E-state index contributed by atoms with van der Waals surface area (Å²) in [5.74, 6) is 2.03. The number of aryl methyl sites for hydroxylation is 1. The third-order valence-corrected chi connectivity index (χ3v) is 11.9. The van der Waals surface area contributed by atoms with Crippen molar-refractivity contribution in [2.75, 3.05) is 39.0 Å². The molecule has 5 heterocycles. The second kappa shape index (κ2) is 14.2. The number of carbonyl (C=O) groups excluding carboxylic acids is 1. The maximum Gasteiger partial charge on any atom is 0.274 e. The number of carbonyl (C=O) groups is 1. The molecule has 50 heavy (non-hydrogen) atoms. The number of ether oxygens (including phenoxy) is 1. The van der Waals surface area contributed by atoms with E-state index < -0.39 is 5.54 Å². The van der Waals surface area contributed by atoms with Crippen LogP contribution >= 0.6 is 11.3 Å². The number of nitrogen functional groups attached to an aromatic ring is 1. The van der Waals surface area contributed by atoms with Gasteiger partial charge in [0.2, 0.25) is 5.88 Å². The molecular weight excluding hydrogens is 651 g/mol. The molecule has 4 aliphatic rings. The van der Waals surface area contributed by atoms with Crippen molar-refractivity contribution >= 4 is 22.2 Å². The van der Waals surface area contributed by atoms with E-state index in [1.165, 1.54) is 11.3 Å². The average molecular weight is 698 g/mol. The smallest absolute Gasteiger partial charge is 0.274 e. The number of anilines is 1. The highest BCUT2D eigenvalue weighted by molar-refractivity contribution is 7.16. The maximum atomic E-state index is 13.2. The number of rotatable bonds is 14. The third-order valence-electron chi connectivity index (χ3n) is 10.8. The van der Waals surface area contributed by atoms with E-state index in [2.05, 4.69) is 28.5 Å². The molecule has 3 aromatic rings. The second-order valence-electron chi connectivity index (χ2n) is 14.3. The number of nitriles is 1. The van der Waals surface area contributed by atoms with Gasteiger partial charge in [-0.25, -0.2) is 9.67 Å². The monoisotopic (exact) mass is 697 g/mol. The molecule has 12 nitrogen and oxygen atoms in total. The Bertz CT molecular complexity index is 1830. The molecule has 0 radical (unpaired) electrons. The molecule has 1 amide bonds. The number of aromatic nitrogens is 4. The molecule has 4 N–H and O–H groups in total. The minimum atomic E-state index is -0.927. The van der Waals surface area contributed by atoms with Crippen LogP contribution in [0.15, 0.2) is 42.3 Å². The van der Waals surface area contributed by atoms with Crippen molar-refractivity contribution < 1.29 is 14.4 Å². The van der Waals surface area contributed by atoms with Gasteiger partial charge < -0.3 is 25.5 Å². The summed E-state index contributed by atoms with van der Waals surface area (Å²) in [6.07, 6.45) is 14.2. The summed E-state index contributed by atoms with van der Waals surface area (Å²) < 4.78 is 8.14. The van der Waals surface area contributed by atoms with E-state index in [0.29, 0.717) is 46.8 Å². The van der Waals surface area contributed by atoms with Gasteiger partial charge in [0, 0.05) is 47.1 Å². The highest BCUT2D eigenvalue weighted by Crippen LogP contribution is 2.51. The summed E-state index contributed by atoms with van der Waals surface area (Å²) in [6, 6.07) is 5.91. The number of hydrogen-bond acceptors (Lipinski definition) is 11. The van der Waals surface area contributed by atoms with Crippen molar-refractivity contribution in [3.63, 3.8) is 0 Å². The average Bonchev–Trinajstić information content (AvgIpc) is 3.59. The number of thiophene rings is 1. The Morgan fingerprint density at radius 1 is 1.32 bits per heavy atom. The summed E-state index contributed by atoms with van der Waals surface area (Å²) in [7, 11) is 1.98. The first-order chi connectivity index (χ1) is 24.3. The summed E-state index contributed by atoms with van der Waals surface area (Å²) >= 11 is 1.51. The highest BCUT2D eigenvalue weighted by atomic mass is 32.1. The van der Waals surface area contributed by atoms with Crippen molar-refractivity contribution in [2.45, 2.75) is 89.0 Å². The number of hydroxylamine groups is 1. The molecule has 0 bridgehead atoms. The molecular formula is C37H47N9O3S. The van der Waals surface area contributed by atoms with Crippen molar-refractivity contribution in [2.24, 2.45) is 5.41 Å². The van der Waals surface area contributed by atoms with Gasteiger partial charge in [-0.3, -0.25) is 4.79 Å². The van der Waals surface area contributed by atoms with Crippen molar-refractivity contribution in [3.8, 4) is 17.8 Å². The standard InChI is InChI=1S/C37H47N9O3S/c1-4-5-11-26-32(24-10-8-12-28-31(24)25(22-38)33(39)50-28)49-44-36(26,2)35-41-29(46-20-13-27(43-46)34(47)45-18-6-7-19-45)21-30(42-35)48-23-37(15-16-37)14-9-17-40-3/h4,13,20-21,24,40,44H,1,5-12,14-19,23,39H2,2-3H3/t24-,36?/m0/s1. The topological polar surface area (TPSA) is 156 Å². The van der Waals surface area contributed by atoms with Gasteiger partial charge in [0.15, 0.2) is 17.3 Å². The Kier molecular flexibility index (Phi) is 9.69. The van der Waals surface area contributed by atoms with E-state index in [-0.39, 0.29) is 17.2 Å². The first kappa shape index (κ1) is 34.2. The van der Waals surface area contributed by atoms with Gasteiger partial charge in [0.25, 0.3) is 5.91 Å². The van der Waals surface area contributed by atoms with Gasteiger partial charge in [-0.1, -0.05) is 6.08 Å². The van der Waals surface area contributed by atoms with E-state index >= 15 is 0 Å². The number of nitrogens with zero attached hydrogens (tertiary/aromatic N) is 6. The Labute approximate surface area is 297 Å². The molecule has 2 aliphatic heterocycles. The van der Waals surface area contributed by atoms with Crippen LogP contribution in [0.4, 0.5) is 5.00 Å². The zero-order chi connectivity index (χ0) is 34.9. The van der Waals surface area contributed by atoms with Crippen molar-refractivity contribution in [3.05, 3.63) is 69.8 Å². The molecule has 13 heteroatoms. The van der Waals surface area contributed by atoms with E-state index in [9.17, 15) is 10.1 Å². The number of hydrogen-bond donors (Lipinski definition) is 3. The zero-order valence-corrected chi connectivity index (χ0v) is 29.9. The first-order valence-electron chi connectivity index (χ1n) is 17.9. The van der Waals surface area contributed by atoms with E-state index in [1.807, 2.05) is 24.9 Å². The predicted octanol–water partition coefficient (Wildman–Crippen LogP) is 5.66. The van der Waals surface area contributed by atoms with Crippen LogP contribution in [-0.4, -0.2) is 63.8 Å². The normalized spacial score (nSPS) is 22.3. The number of nitrogens with two attached hydrogens (primary N) is 1. The van der Waals surface area contributed by atoms with E-state index in [0.717, 1.165) is 106 Å². The molecule has 264 valence electrons. The first-order valence-corrected chi connectivity index (χ1v) is 18.7. The molecule has 2 atom stereocenters. The second-order valence-corrected chi connectivity index (χ2v) is 15.4. The fraction of sp³-hybridized carbons (Fsp3) is 0.541. The van der Waals surface area contributed by atoms with Crippen LogP contribution in [0.3, 0.4) is 0 Å². The lowest BCUT2D eigenvalue weighted by molar-refractivity contribution is 0.0690. The molecule has 2 fully saturated rings. The van der Waals surface area contributed by atoms with Crippen LogP contribution in [0, 0.1) is 16.7 Å². The molecule has 0 spiro atoms. The van der Waals surface area contributed by atoms with Crippen LogP contribution in [0.5, 0.6) is 5.88 Å². The van der Waals surface area contributed by atoms with Gasteiger partial charge in [0.05, 0.1) is 12.2 Å². The molecule has 3 aromatic heterocycles. The van der Waals surface area contributed by atoms with Gasteiger partial charge in [-0.15, -0.1) is 23.4 Å². The lowest BCUT2D eigenvalue weighted by Crippen LogP contribution is -2.38. The quantitative estimate of drug-likeness (QED) is 0.142. The molecule has 7 rings (SSSR count). The Balaban J connectivity index is 1.28. The number of allylic oxidation sites excluding steroid dienone is 2. The maximum absolute atomic E-state index is 13.2. The Morgan fingerprint density at radius 2 is 2.14 bits per heavy atom. The number of likely N-dealkylation sites (tertiary alicyclic amines) is 1. The molecule has 1 saturated carbocycles. The third kappa shape index (κ3) is 6.52. The summed E-state index contributed by atoms with van der Waals surface area (Å²) in [5.41, 5.74) is 11.8. The van der Waals surface area contributed by atoms with Gasteiger partial charge in [-0.05, 0) is 103 Å². The number of amides is 1. The molecule has 1 saturated heterocycles. The predicted molar refractivity (Wildman–Crippen MR) is 192 cm³/mol. The summed E-state index contributed by atoms with van der Waals surface area (Å²) in [5, 5.41) is 18.6. The van der Waals surface area contributed by atoms with Gasteiger partial charge in [-0.2, -0.15) is 15.3 Å². The largest absolute Gasteiger partial charge is 0.477 e. The lowest BCUT2D eigenvalue weighted by atomic mass is 9.79. The van der Waals surface area contributed by atoms with Gasteiger partial charge in [0.1, 0.15) is 22.4 Å². The fourth-order valence-corrected chi connectivity index (χ4v) is 8.77.